The van der Waals surface area contributed by atoms with Crippen LogP contribution in [-0.2, 0) is 19.6 Å². The van der Waals surface area contributed by atoms with Crippen LogP contribution in [0.25, 0.3) is 11.3 Å². The summed E-state index contributed by atoms with van der Waals surface area (Å²) in [6.45, 7) is 3.97. The van der Waals surface area contributed by atoms with Crippen LogP contribution in [0.15, 0.2) is 24.3 Å². The topological polar surface area (TPSA) is 17.8 Å². The molecule has 0 aliphatic heterocycles. The second-order valence-electron chi connectivity index (χ2n) is 4.46. The average Bonchev–Trinajstić information content (AvgIpc) is 2.64. The molecule has 102 valence electrons. The van der Waals surface area contributed by atoms with Crippen LogP contribution in [0.4, 0.5) is 13.2 Å². The zero-order valence-corrected chi connectivity index (χ0v) is 11.0. The molecular weight excluding hydrogens is 253 g/mol. The standard InChI is InChI=1S/C14H15F3N2/c1-4-12-9(2)19(3)18-13(12)10-5-7-11(8-6-10)14(15,16)17/h5-8H,4H2,1-3H3. The van der Waals surface area contributed by atoms with Crippen molar-refractivity contribution in [1.29, 1.82) is 0 Å². The van der Waals surface area contributed by atoms with Crippen LogP contribution in [0.1, 0.15) is 23.7 Å². The lowest BCUT2D eigenvalue weighted by Crippen LogP contribution is -2.04. The lowest BCUT2D eigenvalue weighted by Gasteiger charge is -2.07. The molecule has 0 aliphatic carbocycles. The van der Waals surface area contributed by atoms with E-state index in [0.29, 0.717) is 5.56 Å². The van der Waals surface area contributed by atoms with Gasteiger partial charge >= 0.3 is 6.18 Å². The van der Waals surface area contributed by atoms with Gasteiger partial charge in [0.05, 0.1) is 11.3 Å². The minimum Gasteiger partial charge on any atom is -0.272 e. The summed E-state index contributed by atoms with van der Waals surface area (Å²) in [5.41, 5.74) is 2.95. The molecule has 2 nitrogen and oxygen atoms in total. The summed E-state index contributed by atoms with van der Waals surface area (Å²) in [7, 11) is 1.84. The zero-order chi connectivity index (χ0) is 14.2. The molecule has 0 atom stereocenters. The summed E-state index contributed by atoms with van der Waals surface area (Å²) >= 11 is 0. The highest BCUT2D eigenvalue weighted by Gasteiger charge is 2.30. The maximum absolute atomic E-state index is 12.5. The summed E-state index contributed by atoms with van der Waals surface area (Å²) in [6.07, 6.45) is -3.50. The van der Waals surface area contributed by atoms with Gasteiger partial charge < -0.3 is 0 Å². The van der Waals surface area contributed by atoms with Crippen LogP contribution >= 0.6 is 0 Å². The van der Waals surface area contributed by atoms with E-state index in [-0.39, 0.29) is 0 Å². The Morgan fingerprint density at radius 3 is 2.21 bits per heavy atom. The fourth-order valence-electron chi connectivity index (χ4n) is 2.12. The van der Waals surface area contributed by atoms with Gasteiger partial charge in [-0.3, -0.25) is 4.68 Å². The van der Waals surface area contributed by atoms with Crippen LogP contribution in [0.2, 0.25) is 0 Å². The van der Waals surface area contributed by atoms with E-state index in [1.54, 1.807) is 4.68 Å². The van der Waals surface area contributed by atoms with Crippen molar-refractivity contribution in [3.05, 3.63) is 41.1 Å². The summed E-state index contributed by atoms with van der Waals surface area (Å²) in [4.78, 5) is 0. The molecule has 5 heteroatoms. The Balaban J connectivity index is 2.46. The molecular formula is C14H15F3N2. The van der Waals surface area contributed by atoms with E-state index < -0.39 is 11.7 Å². The molecule has 19 heavy (non-hydrogen) atoms. The second-order valence-corrected chi connectivity index (χ2v) is 4.46. The first-order valence-corrected chi connectivity index (χ1v) is 6.04. The molecule has 0 saturated heterocycles. The predicted octanol–water partition coefficient (Wildman–Crippen LogP) is 3.98. The van der Waals surface area contributed by atoms with Gasteiger partial charge in [-0.15, -0.1) is 0 Å². The van der Waals surface area contributed by atoms with Crippen LogP contribution < -0.4 is 0 Å². The Hall–Kier alpha value is -1.78. The van der Waals surface area contributed by atoms with Crippen LogP contribution in [-0.4, -0.2) is 9.78 Å². The maximum Gasteiger partial charge on any atom is 0.416 e. The highest BCUT2D eigenvalue weighted by atomic mass is 19.4. The Bertz CT molecular complexity index is 580. The van der Waals surface area contributed by atoms with E-state index in [2.05, 4.69) is 5.10 Å². The highest BCUT2D eigenvalue weighted by molar-refractivity contribution is 5.64. The van der Waals surface area contributed by atoms with E-state index in [1.807, 2.05) is 20.9 Å². The normalized spacial score (nSPS) is 11.9. The van der Waals surface area contributed by atoms with Crippen molar-refractivity contribution < 1.29 is 13.2 Å². The molecule has 0 unspecified atom stereocenters. The number of hydrogen-bond donors (Lipinski definition) is 0. The first-order chi connectivity index (χ1) is 8.84. The Labute approximate surface area is 109 Å². The summed E-state index contributed by atoms with van der Waals surface area (Å²) in [5, 5.41) is 4.38. The van der Waals surface area contributed by atoms with Crippen molar-refractivity contribution in [3.63, 3.8) is 0 Å². The Kier molecular flexibility index (Phi) is 3.39. The Morgan fingerprint density at radius 2 is 1.74 bits per heavy atom. The van der Waals surface area contributed by atoms with Crippen molar-refractivity contribution in [2.45, 2.75) is 26.4 Å². The van der Waals surface area contributed by atoms with Crippen LogP contribution in [0.5, 0.6) is 0 Å². The number of hydrogen-bond acceptors (Lipinski definition) is 1. The molecule has 0 amide bonds. The fourth-order valence-corrected chi connectivity index (χ4v) is 2.12. The number of nitrogens with zero attached hydrogens (tertiary/aromatic N) is 2. The third-order valence-corrected chi connectivity index (χ3v) is 3.30. The van der Waals surface area contributed by atoms with Crippen LogP contribution in [0.3, 0.4) is 0 Å². The molecule has 0 radical (unpaired) electrons. The molecule has 0 N–H and O–H groups in total. The van der Waals surface area contributed by atoms with Crippen molar-refractivity contribution in [1.82, 2.24) is 9.78 Å². The van der Waals surface area contributed by atoms with Gasteiger partial charge in [-0.05, 0) is 25.5 Å². The molecule has 1 heterocycles. The first kappa shape index (κ1) is 13.6. The smallest absolute Gasteiger partial charge is 0.272 e. The number of alkyl halides is 3. The summed E-state index contributed by atoms with van der Waals surface area (Å²) < 4.78 is 39.3. The lowest BCUT2D eigenvalue weighted by molar-refractivity contribution is -0.137. The van der Waals surface area contributed by atoms with Crippen molar-refractivity contribution in [3.8, 4) is 11.3 Å². The predicted molar refractivity (Wildman–Crippen MR) is 67.8 cm³/mol. The quantitative estimate of drug-likeness (QED) is 0.805. The minimum absolute atomic E-state index is 0.637. The molecule has 2 aromatic rings. The van der Waals surface area contributed by atoms with Gasteiger partial charge in [-0.25, -0.2) is 0 Å². The minimum atomic E-state index is -4.30. The summed E-state index contributed by atoms with van der Waals surface area (Å²) in [6, 6.07) is 5.14. The Morgan fingerprint density at radius 1 is 1.16 bits per heavy atom. The van der Waals surface area contributed by atoms with Gasteiger partial charge in [0, 0.05) is 23.9 Å². The SMILES string of the molecule is CCc1c(-c2ccc(C(F)(F)F)cc2)nn(C)c1C. The number of halogens is 3. The van der Waals surface area contributed by atoms with Crippen molar-refractivity contribution >= 4 is 0 Å². The van der Waals surface area contributed by atoms with Crippen LogP contribution in [0, 0.1) is 6.92 Å². The third-order valence-electron chi connectivity index (χ3n) is 3.30. The number of aryl methyl sites for hydroxylation is 1. The molecule has 1 aromatic heterocycles. The molecule has 0 saturated carbocycles. The van der Waals surface area contributed by atoms with E-state index >= 15 is 0 Å². The van der Waals surface area contributed by atoms with E-state index in [4.69, 9.17) is 0 Å². The third kappa shape index (κ3) is 2.50. The van der Waals surface area contributed by atoms with Gasteiger partial charge in [0.1, 0.15) is 0 Å². The van der Waals surface area contributed by atoms with Gasteiger partial charge in [-0.1, -0.05) is 19.1 Å². The zero-order valence-electron chi connectivity index (χ0n) is 11.0. The van der Waals surface area contributed by atoms with E-state index in [9.17, 15) is 13.2 Å². The molecule has 0 bridgehead atoms. The fraction of sp³-hybridized carbons (Fsp3) is 0.357. The van der Waals surface area contributed by atoms with Gasteiger partial charge in [0.15, 0.2) is 0 Å². The van der Waals surface area contributed by atoms with Gasteiger partial charge in [0.2, 0.25) is 0 Å². The van der Waals surface area contributed by atoms with E-state index in [0.717, 1.165) is 35.5 Å². The van der Waals surface area contributed by atoms with Gasteiger partial charge in [0.25, 0.3) is 0 Å². The lowest BCUT2D eigenvalue weighted by atomic mass is 10.0. The van der Waals surface area contributed by atoms with Gasteiger partial charge in [-0.2, -0.15) is 18.3 Å². The second kappa shape index (κ2) is 4.72. The molecule has 2 rings (SSSR count). The highest BCUT2D eigenvalue weighted by Crippen LogP contribution is 2.32. The molecule has 0 fully saturated rings. The molecule has 1 aromatic carbocycles. The van der Waals surface area contributed by atoms with E-state index in [1.165, 1.54) is 12.1 Å². The van der Waals surface area contributed by atoms with Crippen molar-refractivity contribution in [2.24, 2.45) is 7.05 Å². The number of benzene rings is 1. The largest absolute Gasteiger partial charge is 0.416 e. The molecule has 0 spiro atoms. The monoisotopic (exact) mass is 268 g/mol. The molecule has 0 aliphatic rings. The maximum atomic E-state index is 12.5. The summed E-state index contributed by atoms with van der Waals surface area (Å²) in [5.74, 6) is 0. The number of rotatable bonds is 2. The van der Waals surface area contributed by atoms with Crippen molar-refractivity contribution in [2.75, 3.05) is 0 Å². The first-order valence-electron chi connectivity index (χ1n) is 6.04. The average molecular weight is 268 g/mol. The number of aromatic nitrogens is 2.